The number of carboxylic acids is 1. The van der Waals surface area contributed by atoms with Gasteiger partial charge < -0.3 is 30.9 Å². The summed E-state index contributed by atoms with van der Waals surface area (Å²) in [6.45, 7) is 13.2. The van der Waals surface area contributed by atoms with Crippen LogP contribution in [0.5, 0.6) is 0 Å². The molecule has 0 aromatic carbocycles. The van der Waals surface area contributed by atoms with Gasteiger partial charge in [-0.15, -0.1) is 0 Å². The molecule has 2 unspecified atom stereocenters. The van der Waals surface area contributed by atoms with Gasteiger partial charge in [0.15, 0.2) is 0 Å². The molecule has 0 saturated carbocycles. The van der Waals surface area contributed by atoms with Crippen LogP contribution in [0.1, 0.15) is 55.4 Å². The molecule has 0 aliphatic rings. The third kappa shape index (κ3) is 16.3. The Hall–Kier alpha value is -2.52. The highest BCUT2D eigenvalue weighted by molar-refractivity contribution is 5.83. The molecule has 0 heterocycles. The van der Waals surface area contributed by atoms with E-state index in [0.717, 1.165) is 0 Å². The standard InChI is InChI=1S/C8H16N2O3.C8H15NO4/c1-5(6(9)11)10-7(12)13-8(2,3)4;1-5(6(10)11)9-7(12)13-8(2,3)4/h5H,1-4H3,(H2,9,11)(H,10,12);5H,1-4H3,(H,9,12)(H,10,11). The largest absolute Gasteiger partial charge is 0.480 e. The fraction of sp³-hybridized carbons (Fsp3) is 0.750. The number of ether oxygens (including phenoxy) is 2. The van der Waals surface area contributed by atoms with E-state index >= 15 is 0 Å². The van der Waals surface area contributed by atoms with Crippen molar-refractivity contribution >= 4 is 24.1 Å². The summed E-state index contributed by atoms with van der Waals surface area (Å²) in [6, 6.07) is -1.65. The first kappa shape index (κ1) is 25.7. The van der Waals surface area contributed by atoms with E-state index in [-0.39, 0.29) is 0 Å². The second-order valence-electron chi connectivity index (χ2n) is 7.48. The number of hydrogen-bond donors (Lipinski definition) is 4. The predicted molar refractivity (Wildman–Crippen MR) is 94.5 cm³/mol. The van der Waals surface area contributed by atoms with Crippen molar-refractivity contribution in [1.82, 2.24) is 10.6 Å². The summed E-state index contributed by atoms with van der Waals surface area (Å²) in [4.78, 5) is 42.9. The van der Waals surface area contributed by atoms with Crippen molar-refractivity contribution in [2.24, 2.45) is 5.73 Å². The Kier molecular flexibility index (Phi) is 10.4. The molecule has 10 nitrogen and oxygen atoms in total. The van der Waals surface area contributed by atoms with E-state index in [2.05, 4.69) is 10.6 Å². The second kappa shape index (κ2) is 10.5. The van der Waals surface area contributed by atoms with Gasteiger partial charge in [0.05, 0.1) is 0 Å². The number of rotatable bonds is 4. The lowest BCUT2D eigenvalue weighted by Gasteiger charge is -2.20. The summed E-state index contributed by atoms with van der Waals surface area (Å²) in [5, 5.41) is 12.9. The molecule has 0 aromatic heterocycles. The predicted octanol–water partition coefficient (Wildman–Crippen LogP) is 1.37. The molecule has 0 bridgehead atoms. The smallest absolute Gasteiger partial charge is 0.408 e. The van der Waals surface area contributed by atoms with E-state index < -0.39 is 47.3 Å². The first-order valence-corrected chi connectivity index (χ1v) is 7.95. The van der Waals surface area contributed by atoms with Gasteiger partial charge in [-0.1, -0.05) is 0 Å². The number of nitrogens with two attached hydrogens (primary N) is 1. The molecule has 0 saturated heterocycles. The number of carboxylic acid groups (broad SMARTS) is 1. The molecular formula is C16H31N3O7. The monoisotopic (exact) mass is 377 g/mol. The van der Waals surface area contributed by atoms with Crippen molar-refractivity contribution in [3.8, 4) is 0 Å². The van der Waals surface area contributed by atoms with E-state index in [0.29, 0.717) is 0 Å². The summed E-state index contributed by atoms with van der Waals surface area (Å²) in [5.74, 6) is -1.68. The number of alkyl carbamates (subject to hydrolysis) is 2. The van der Waals surface area contributed by atoms with Gasteiger partial charge in [0.1, 0.15) is 23.3 Å². The lowest BCUT2D eigenvalue weighted by atomic mass is 10.2. The van der Waals surface area contributed by atoms with Crippen LogP contribution >= 0.6 is 0 Å². The highest BCUT2D eigenvalue weighted by Crippen LogP contribution is 2.07. The minimum atomic E-state index is -1.09. The zero-order valence-electron chi connectivity index (χ0n) is 16.6. The lowest BCUT2D eigenvalue weighted by molar-refractivity contribution is -0.139. The molecule has 0 aromatic rings. The SMILES string of the molecule is CC(NC(=O)OC(C)(C)C)C(=O)O.CC(NC(=O)OC(C)(C)C)C(N)=O. The molecule has 0 aliphatic carbocycles. The Morgan fingerprint density at radius 1 is 0.808 bits per heavy atom. The van der Waals surface area contributed by atoms with Crippen molar-refractivity contribution in [2.75, 3.05) is 0 Å². The minimum Gasteiger partial charge on any atom is -0.480 e. The Morgan fingerprint density at radius 3 is 1.35 bits per heavy atom. The van der Waals surface area contributed by atoms with Crippen LogP contribution in [0.4, 0.5) is 9.59 Å². The van der Waals surface area contributed by atoms with Crippen molar-refractivity contribution < 1.29 is 33.8 Å². The topological polar surface area (TPSA) is 157 Å². The van der Waals surface area contributed by atoms with Gasteiger partial charge in [0.2, 0.25) is 5.91 Å². The van der Waals surface area contributed by atoms with E-state index in [1.54, 1.807) is 41.5 Å². The van der Waals surface area contributed by atoms with Gasteiger partial charge >= 0.3 is 18.2 Å². The number of carbonyl (C=O) groups is 4. The van der Waals surface area contributed by atoms with Crippen molar-refractivity contribution in [3.05, 3.63) is 0 Å². The highest BCUT2D eigenvalue weighted by atomic mass is 16.6. The van der Waals surface area contributed by atoms with Crippen LogP contribution < -0.4 is 16.4 Å². The Balaban J connectivity index is 0. The number of aliphatic carboxylic acids is 1. The molecular weight excluding hydrogens is 346 g/mol. The average Bonchev–Trinajstić information content (AvgIpc) is 2.33. The maximum Gasteiger partial charge on any atom is 0.408 e. The molecule has 0 aliphatic heterocycles. The van der Waals surface area contributed by atoms with Gasteiger partial charge in [0.25, 0.3) is 0 Å². The fourth-order valence-electron chi connectivity index (χ4n) is 1.10. The van der Waals surface area contributed by atoms with Crippen LogP contribution in [-0.4, -0.2) is 52.5 Å². The van der Waals surface area contributed by atoms with Crippen LogP contribution in [0, 0.1) is 0 Å². The van der Waals surface area contributed by atoms with Crippen LogP contribution in [0.2, 0.25) is 0 Å². The molecule has 0 fully saturated rings. The van der Waals surface area contributed by atoms with Gasteiger partial charge in [0, 0.05) is 0 Å². The van der Waals surface area contributed by atoms with Crippen LogP contribution in [0.25, 0.3) is 0 Å². The second-order valence-corrected chi connectivity index (χ2v) is 7.48. The molecule has 152 valence electrons. The van der Waals surface area contributed by atoms with E-state index in [1.807, 2.05) is 0 Å². The van der Waals surface area contributed by atoms with Gasteiger partial charge in [-0.05, 0) is 55.4 Å². The van der Waals surface area contributed by atoms with Crippen LogP contribution in [-0.2, 0) is 19.1 Å². The number of carbonyl (C=O) groups excluding carboxylic acids is 3. The number of nitrogens with one attached hydrogen (secondary N) is 2. The summed E-state index contributed by atoms with van der Waals surface area (Å²) in [7, 11) is 0. The minimum absolute atomic E-state index is 0.568. The van der Waals surface area contributed by atoms with E-state index in [1.165, 1.54) is 13.8 Å². The number of primary amides is 1. The van der Waals surface area contributed by atoms with Gasteiger partial charge in [-0.25, -0.2) is 9.59 Å². The first-order chi connectivity index (χ1) is 11.4. The molecule has 5 N–H and O–H groups in total. The molecule has 0 spiro atoms. The Bertz CT molecular complexity index is 461. The fourth-order valence-corrected chi connectivity index (χ4v) is 1.10. The normalized spacial score (nSPS) is 13.2. The first-order valence-electron chi connectivity index (χ1n) is 7.95. The van der Waals surface area contributed by atoms with Crippen molar-refractivity contribution in [1.29, 1.82) is 0 Å². The average molecular weight is 377 g/mol. The molecule has 26 heavy (non-hydrogen) atoms. The van der Waals surface area contributed by atoms with Gasteiger partial charge in [-0.3, -0.25) is 9.59 Å². The van der Waals surface area contributed by atoms with Crippen LogP contribution in [0.15, 0.2) is 0 Å². The van der Waals surface area contributed by atoms with Crippen molar-refractivity contribution in [2.45, 2.75) is 78.7 Å². The summed E-state index contributed by atoms with van der Waals surface area (Å²) >= 11 is 0. The molecule has 10 heteroatoms. The number of amides is 3. The summed E-state index contributed by atoms with van der Waals surface area (Å²) < 4.78 is 9.75. The maximum absolute atomic E-state index is 11.0. The van der Waals surface area contributed by atoms with Crippen LogP contribution in [0.3, 0.4) is 0 Å². The highest BCUT2D eigenvalue weighted by Gasteiger charge is 2.20. The van der Waals surface area contributed by atoms with E-state index in [9.17, 15) is 19.2 Å². The zero-order valence-corrected chi connectivity index (χ0v) is 16.6. The Morgan fingerprint density at radius 2 is 1.12 bits per heavy atom. The summed E-state index contributed by atoms with van der Waals surface area (Å²) in [5.41, 5.74) is 3.76. The lowest BCUT2D eigenvalue weighted by Crippen LogP contribution is -2.44. The Labute approximate surface area is 153 Å². The molecule has 0 radical (unpaired) electrons. The number of hydrogen-bond acceptors (Lipinski definition) is 6. The van der Waals surface area contributed by atoms with Gasteiger partial charge in [-0.2, -0.15) is 0 Å². The quantitative estimate of drug-likeness (QED) is 0.576. The van der Waals surface area contributed by atoms with E-state index in [4.69, 9.17) is 20.3 Å². The van der Waals surface area contributed by atoms with Crippen molar-refractivity contribution in [3.63, 3.8) is 0 Å². The molecule has 3 amide bonds. The maximum atomic E-state index is 11.0. The molecule has 2 atom stereocenters. The summed E-state index contributed by atoms with van der Waals surface area (Å²) in [6.07, 6.45) is -1.36. The third-order valence-corrected chi connectivity index (χ3v) is 2.26. The zero-order chi connectivity index (χ0) is 21.3. The molecule has 0 rings (SSSR count). The third-order valence-electron chi connectivity index (χ3n) is 2.26.